The summed E-state index contributed by atoms with van der Waals surface area (Å²) in [4.78, 5) is 28.7. The Balaban J connectivity index is 2.08. The molecule has 0 N–H and O–H groups in total. The predicted molar refractivity (Wildman–Crippen MR) is 93.4 cm³/mol. The van der Waals surface area contributed by atoms with Crippen molar-refractivity contribution < 1.29 is 9.59 Å². The number of rotatable bonds is 7. The third-order valence-corrected chi connectivity index (χ3v) is 5.82. The van der Waals surface area contributed by atoms with Gasteiger partial charge in [-0.3, -0.25) is 0 Å². The van der Waals surface area contributed by atoms with Crippen LogP contribution < -0.4 is 0 Å². The van der Waals surface area contributed by atoms with E-state index < -0.39 is 0 Å². The van der Waals surface area contributed by atoms with Crippen molar-refractivity contribution in [1.29, 1.82) is 0 Å². The van der Waals surface area contributed by atoms with Crippen LogP contribution in [0.2, 0.25) is 0 Å². The van der Waals surface area contributed by atoms with E-state index in [4.69, 9.17) is 6.42 Å². The summed E-state index contributed by atoms with van der Waals surface area (Å²) in [5.74, 6) is 4.20. The van der Waals surface area contributed by atoms with Crippen molar-refractivity contribution in [2.24, 2.45) is 33.2 Å². The maximum atomic E-state index is 10.6. The van der Waals surface area contributed by atoms with Gasteiger partial charge in [-0.15, -0.1) is 6.42 Å². The van der Waals surface area contributed by atoms with E-state index in [0.717, 1.165) is 30.5 Å². The zero-order chi connectivity index (χ0) is 18.0. The number of allylic oxidation sites excluding steroid dienone is 3. The standard InChI is InChI=1S/C20H24N2O2/c1-6-15(10-19(4)11-20(19,5)22-13-24)8-17-14(3)18(17)9-16(7-2)21-12-23/h1,9-10,14,17-18H,7-8,11H2,2-5H3/b15-10+,16-9+/t14?,17?,18-,19+,20+/m0/s1. The molecule has 4 heteroatoms. The van der Waals surface area contributed by atoms with E-state index in [9.17, 15) is 9.59 Å². The van der Waals surface area contributed by atoms with Gasteiger partial charge in [0.05, 0.1) is 5.54 Å². The van der Waals surface area contributed by atoms with Crippen LogP contribution in [0.15, 0.2) is 33.4 Å². The quantitative estimate of drug-likeness (QED) is 0.404. The summed E-state index contributed by atoms with van der Waals surface area (Å²) in [6, 6.07) is 0. The minimum absolute atomic E-state index is 0.161. The van der Waals surface area contributed by atoms with Gasteiger partial charge >= 0.3 is 0 Å². The van der Waals surface area contributed by atoms with Crippen LogP contribution in [0.4, 0.5) is 0 Å². The summed E-state index contributed by atoms with van der Waals surface area (Å²) < 4.78 is 0. The van der Waals surface area contributed by atoms with Crippen molar-refractivity contribution in [3.63, 3.8) is 0 Å². The molecule has 0 bridgehead atoms. The fourth-order valence-electron chi connectivity index (χ4n) is 3.64. The Morgan fingerprint density at radius 1 is 1.33 bits per heavy atom. The van der Waals surface area contributed by atoms with E-state index in [0.29, 0.717) is 17.8 Å². The summed E-state index contributed by atoms with van der Waals surface area (Å²) in [7, 11) is 0. The third-order valence-electron chi connectivity index (χ3n) is 5.82. The lowest BCUT2D eigenvalue weighted by Crippen LogP contribution is -2.09. The van der Waals surface area contributed by atoms with Gasteiger partial charge in [-0.1, -0.05) is 38.8 Å². The molecule has 2 unspecified atom stereocenters. The zero-order valence-electron chi connectivity index (χ0n) is 14.8. The molecule has 0 aliphatic heterocycles. The molecule has 24 heavy (non-hydrogen) atoms. The average molecular weight is 324 g/mol. The van der Waals surface area contributed by atoms with Crippen molar-refractivity contribution >= 4 is 12.2 Å². The molecule has 4 nitrogen and oxygen atoms in total. The van der Waals surface area contributed by atoms with Crippen LogP contribution in [0, 0.1) is 35.5 Å². The molecule has 0 radical (unpaired) electrons. The molecule has 5 atom stereocenters. The maximum Gasteiger partial charge on any atom is 0.240 e. The van der Waals surface area contributed by atoms with Crippen LogP contribution in [-0.4, -0.2) is 17.7 Å². The molecule has 0 aromatic carbocycles. The van der Waals surface area contributed by atoms with Crippen LogP contribution >= 0.6 is 0 Å². The Morgan fingerprint density at radius 3 is 2.58 bits per heavy atom. The van der Waals surface area contributed by atoms with E-state index in [1.54, 1.807) is 12.2 Å². The van der Waals surface area contributed by atoms with Crippen molar-refractivity contribution in [2.45, 2.75) is 52.5 Å². The number of hydrogen-bond acceptors (Lipinski definition) is 4. The normalized spacial score (nSPS) is 37.7. The highest BCUT2D eigenvalue weighted by atomic mass is 16.1. The van der Waals surface area contributed by atoms with Gasteiger partial charge in [-0.05, 0) is 49.5 Å². The lowest BCUT2D eigenvalue weighted by Gasteiger charge is -2.10. The highest BCUT2D eigenvalue weighted by Crippen LogP contribution is 2.60. The van der Waals surface area contributed by atoms with E-state index >= 15 is 0 Å². The summed E-state index contributed by atoms with van der Waals surface area (Å²) in [5.41, 5.74) is 1.22. The van der Waals surface area contributed by atoms with Crippen LogP contribution in [0.3, 0.4) is 0 Å². The first-order chi connectivity index (χ1) is 11.3. The Hall–Kier alpha value is -2.20. The van der Waals surface area contributed by atoms with Gasteiger partial charge in [0.1, 0.15) is 0 Å². The SMILES string of the molecule is C#C/C(=C\[C@]1(C)C[C@@]1(C)N=C=O)CC1C(C)[C@@H]1/C=C(\CC)N=C=O. The Bertz CT molecular complexity index is 716. The number of nitrogens with zero attached hydrogens (tertiary/aromatic N) is 2. The Morgan fingerprint density at radius 2 is 2.04 bits per heavy atom. The summed E-state index contributed by atoms with van der Waals surface area (Å²) in [5, 5.41) is 0. The number of hydrogen-bond donors (Lipinski definition) is 0. The number of carbonyl (C=O) groups excluding carboxylic acids is 2. The Kier molecular flexibility index (Phi) is 5.09. The molecule has 2 rings (SSSR count). The number of aliphatic imine (C=N–C) groups is 2. The predicted octanol–water partition coefficient (Wildman–Crippen LogP) is 3.95. The first-order valence-electron chi connectivity index (χ1n) is 8.40. The fraction of sp³-hybridized carbons (Fsp3) is 0.600. The van der Waals surface area contributed by atoms with Crippen molar-refractivity contribution in [3.8, 4) is 12.3 Å². The van der Waals surface area contributed by atoms with Crippen molar-refractivity contribution in [3.05, 3.63) is 23.4 Å². The second-order valence-corrected chi connectivity index (χ2v) is 7.40. The number of isocyanates is 2. The first-order valence-corrected chi connectivity index (χ1v) is 8.40. The van der Waals surface area contributed by atoms with E-state index in [1.165, 1.54) is 0 Å². The molecule has 0 spiro atoms. The summed E-state index contributed by atoms with van der Waals surface area (Å²) in [6.07, 6.45) is 15.5. The van der Waals surface area contributed by atoms with Crippen LogP contribution in [-0.2, 0) is 9.59 Å². The molecular formula is C20H24N2O2. The summed E-state index contributed by atoms with van der Waals surface area (Å²) in [6.45, 7) is 8.20. The molecule has 0 heterocycles. The minimum atomic E-state index is -0.376. The maximum absolute atomic E-state index is 10.6. The van der Waals surface area contributed by atoms with Crippen LogP contribution in [0.1, 0.15) is 47.0 Å². The van der Waals surface area contributed by atoms with Gasteiger partial charge in [0, 0.05) is 11.1 Å². The monoisotopic (exact) mass is 324 g/mol. The molecular weight excluding hydrogens is 300 g/mol. The molecule has 2 aliphatic rings. The van der Waals surface area contributed by atoms with Crippen molar-refractivity contribution in [2.75, 3.05) is 0 Å². The molecule has 2 aliphatic carbocycles. The van der Waals surface area contributed by atoms with Gasteiger partial charge in [-0.2, -0.15) is 9.98 Å². The molecule has 0 aromatic heterocycles. The topological polar surface area (TPSA) is 58.9 Å². The third kappa shape index (κ3) is 3.49. The molecule has 0 aromatic rings. The fourth-order valence-corrected chi connectivity index (χ4v) is 3.64. The van der Waals surface area contributed by atoms with E-state index in [1.807, 2.05) is 13.8 Å². The molecule has 2 saturated carbocycles. The lowest BCUT2D eigenvalue weighted by molar-refractivity contribution is 0.539. The van der Waals surface area contributed by atoms with Crippen LogP contribution in [0.5, 0.6) is 0 Å². The van der Waals surface area contributed by atoms with Gasteiger partial charge in [0.25, 0.3) is 0 Å². The van der Waals surface area contributed by atoms with Gasteiger partial charge < -0.3 is 0 Å². The minimum Gasteiger partial charge on any atom is -0.211 e. The number of terminal acetylenes is 1. The largest absolute Gasteiger partial charge is 0.240 e. The Labute approximate surface area is 143 Å². The first kappa shape index (κ1) is 18.1. The lowest BCUT2D eigenvalue weighted by atomic mass is 9.97. The van der Waals surface area contributed by atoms with Gasteiger partial charge in [0.2, 0.25) is 12.2 Å². The molecule has 126 valence electrons. The average Bonchev–Trinajstić information content (AvgIpc) is 3.32. The van der Waals surface area contributed by atoms with Gasteiger partial charge in [0.15, 0.2) is 0 Å². The zero-order valence-corrected chi connectivity index (χ0v) is 14.8. The van der Waals surface area contributed by atoms with Crippen molar-refractivity contribution in [1.82, 2.24) is 0 Å². The highest BCUT2D eigenvalue weighted by Gasteiger charge is 2.60. The second kappa shape index (κ2) is 6.73. The molecule has 2 fully saturated rings. The molecule has 0 amide bonds. The second-order valence-electron chi connectivity index (χ2n) is 7.40. The highest BCUT2D eigenvalue weighted by molar-refractivity contribution is 5.43. The van der Waals surface area contributed by atoms with Gasteiger partial charge in [-0.25, -0.2) is 9.59 Å². The summed E-state index contributed by atoms with van der Waals surface area (Å²) >= 11 is 0. The van der Waals surface area contributed by atoms with E-state index in [-0.39, 0.29) is 11.0 Å². The molecule has 0 saturated heterocycles. The smallest absolute Gasteiger partial charge is 0.211 e. The van der Waals surface area contributed by atoms with E-state index in [2.05, 4.69) is 41.9 Å². The van der Waals surface area contributed by atoms with Crippen LogP contribution in [0.25, 0.3) is 0 Å².